The second-order valence-electron chi connectivity index (χ2n) is 7.90. The number of amidine groups is 1. The highest BCUT2D eigenvalue weighted by molar-refractivity contribution is 6.17. The van der Waals surface area contributed by atoms with Crippen LogP contribution in [0.1, 0.15) is 63.3 Å². The summed E-state index contributed by atoms with van der Waals surface area (Å²) >= 11 is 5.77. The summed E-state index contributed by atoms with van der Waals surface area (Å²) < 4.78 is 44.5. The van der Waals surface area contributed by atoms with Crippen molar-refractivity contribution in [1.29, 1.82) is 0 Å². The van der Waals surface area contributed by atoms with E-state index in [1.54, 1.807) is 24.8 Å². The molecule has 1 atom stereocenters. The summed E-state index contributed by atoms with van der Waals surface area (Å²) in [5.74, 6) is 0.574. The highest BCUT2D eigenvalue weighted by Crippen LogP contribution is 2.35. The largest absolute Gasteiger partial charge is 0.416 e. The monoisotopic (exact) mass is 516 g/mol. The van der Waals surface area contributed by atoms with E-state index >= 15 is 0 Å². The van der Waals surface area contributed by atoms with E-state index in [0.29, 0.717) is 37.5 Å². The third-order valence-corrected chi connectivity index (χ3v) is 5.81. The van der Waals surface area contributed by atoms with Crippen molar-refractivity contribution in [3.8, 4) is 0 Å². The Bertz CT molecular complexity index is 910. The lowest BCUT2D eigenvalue weighted by Gasteiger charge is -2.25. The molecule has 196 valence electrons. The van der Waals surface area contributed by atoms with Crippen molar-refractivity contribution in [3.05, 3.63) is 46.2 Å². The van der Waals surface area contributed by atoms with Crippen molar-refractivity contribution >= 4 is 30.1 Å². The maximum Gasteiger partial charge on any atom is 0.416 e. The van der Waals surface area contributed by atoms with Gasteiger partial charge in [-0.3, -0.25) is 9.79 Å². The Morgan fingerprint density at radius 2 is 1.89 bits per heavy atom. The third-order valence-electron chi connectivity index (χ3n) is 5.67. The summed E-state index contributed by atoms with van der Waals surface area (Å²) in [6.45, 7) is 15.2. The van der Waals surface area contributed by atoms with Gasteiger partial charge in [-0.15, -0.1) is 11.6 Å². The van der Waals surface area contributed by atoms with E-state index in [0.717, 1.165) is 30.4 Å². The average molecular weight is 517 g/mol. The molecule has 1 aromatic rings. The fourth-order valence-electron chi connectivity index (χ4n) is 3.79. The molecule has 1 aliphatic rings. The van der Waals surface area contributed by atoms with E-state index in [2.05, 4.69) is 22.0 Å². The molecule has 0 aromatic heterocycles. The fraction of sp³-hybridized carbons (Fsp3) is 0.560. The molecule has 1 aliphatic heterocycles. The first-order valence-electron chi connectivity index (χ1n) is 11.6. The molecule has 10 heteroatoms. The predicted octanol–water partition coefficient (Wildman–Crippen LogP) is 5.90. The zero-order chi connectivity index (χ0) is 26.6. The van der Waals surface area contributed by atoms with Gasteiger partial charge in [0.05, 0.1) is 30.8 Å². The number of amides is 1. The van der Waals surface area contributed by atoms with Crippen molar-refractivity contribution in [2.45, 2.75) is 59.7 Å². The topological polar surface area (TPSA) is 66.3 Å². The van der Waals surface area contributed by atoms with Crippen LogP contribution in [0.25, 0.3) is 0 Å². The van der Waals surface area contributed by atoms with Crippen molar-refractivity contribution in [3.63, 3.8) is 0 Å². The van der Waals surface area contributed by atoms with Crippen LogP contribution in [0.3, 0.4) is 0 Å². The number of carbonyl (C=O) groups is 1. The Morgan fingerprint density at radius 1 is 1.26 bits per heavy atom. The Labute approximate surface area is 211 Å². The molecule has 6 nitrogen and oxygen atoms in total. The van der Waals surface area contributed by atoms with Gasteiger partial charge in [-0.25, -0.2) is 4.99 Å². The first-order chi connectivity index (χ1) is 16.5. The number of rotatable bonds is 7. The van der Waals surface area contributed by atoms with Crippen LogP contribution in [-0.2, 0) is 15.7 Å². The number of ether oxygens (including phenoxy) is 1. The summed E-state index contributed by atoms with van der Waals surface area (Å²) in [7, 11) is 0. The second kappa shape index (κ2) is 14.9. The van der Waals surface area contributed by atoms with Gasteiger partial charge >= 0.3 is 6.18 Å². The molecule has 1 amide bonds. The van der Waals surface area contributed by atoms with Crippen LogP contribution >= 0.6 is 11.6 Å². The molecule has 1 heterocycles. The molecular formula is C25H36ClF3N4O2. The minimum Gasteiger partial charge on any atom is -0.378 e. The maximum absolute atomic E-state index is 13.1. The third kappa shape index (κ3) is 9.29. The Balaban J connectivity index is 0.000000566. The Hall–Kier alpha value is -2.39. The van der Waals surface area contributed by atoms with E-state index < -0.39 is 17.8 Å². The number of allylic oxidation sites excluding steroid dienone is 1. The van der Waals surface area contributed by atoms with Gasteiger partial charge in [0.15, 0.2) is 5.84 Å². The van der Waals surface area contributed by atoms with Crippen molar-refractivity contribution < 1.29 is 22.7 Å². The molecule has 1 unspecified atom stereocenters. The average Bonchev–Trinajstić information content (AvgIpc) is 2.83. The highest BCUT2D eigenvalue weighted by atomic mass is 35.5. The first-order valence-corrected chi connectivity index (χ1v) is 12.1. The Kier molecular flexibility index (Phi) is 13.0. The molecule has 2 rings (SSSR count). The maximum atomic E-state index is 13.1. The summed E-state index contributed by atoms with van der Waals surface area (Å²) in [5, 5.41) is 3.08. The van der Waals surface area contributed by atoms with Crippen LogP contribution in [0.4, 0.5) is 13.2 Å². The lowest BCUT2D eigenvalue weighted by molar-refractivity contribution is -0.138. The molecular weight excluding hydrogens is 481 g/mol. The van der Waals surface area contributed by atoms with E-state index in [1.165, 1.54) is 13.0 Å². The van der Waals surface area contributed by atoms with Crippen LogP contribution in [0.5, 0.6) is 0 Å². The smallest absolute Gasteiger partial charge is 0.378 e. The van der Waals surface area contributed by atoms with Gasteiger partial charge in [-0.1, -0.05) is 26.0 Å². The van der Waals surface area contributed by atoms with E-state index in [1.807, 2.05) is 13.8 Å². The van der Waals surface area contributed by atoms with Gasteiger partial charge < -0.3 is 15.0 Å². The van der Waals surface area contributed by atoms with Crippen molar-refractivity contribution in [2.75, 3.05) is 32.3 Å². The lowest BCUT2D eigenvalue weighted by Crippen LogP contribution is -2.39. The number of nitrogens with zero attached hydrogens (tertiary/aromatic N) is 3. The fourth-order valence-corrected chi connectivity index (χ4v) is 3.95. The normalized spacial score (nSPS) is 16.0. The number of benzene rings is 1. The Morgan fingerprint density at radius 3 is 2.31 bits per heavy atom. The molecule has 0 spiro atoms. The number of alkyl halides is 4. The second-order valence-corrected chi connectivity index (χ2v) is 8.16. The predicted molar refractivity (Wildman–Crippen MR) is 136 cm³/mol. The van der Waals surface area contributed by atoms with Crippen LogP contribution in [0, 0.1) is 6.92 Å². The molecule has 1 N–H and O–H groups in total. The number of morpholine rings is 1. The molecule has 0 saturated carbocycles. The zero-order valence-corrected chi connectivity index (χ0v) is 21.9. The summed E-state index contributed by atoms with van der Waals surface area (Å²) in [6.07, 6.45) is -3.03. The van der Waals surface area contributed by atoms with Crippen LogP contribution in [0.15, 0.2) is 39.5 Å². The molecule has 0 bridgehead atoms. The lowest BCUT2D eigenvalue weighted by atomic mass is 9.97. The summed E-state index contributed by atoms with van der Waals surface area (Å²) in [5.41, 5.74) is 1.81. The minimum absolute atomic E-state index is 0.151. The quantitative estimate of drug-likeness (QED) is 0.212. The molecule has 1 saturated heterocycles. The number of nitrogens with one attached hydrogen (secondary N) is 1. The SMILES string of the molecule is C=NC(=NC(C)c1cccc(C(F)(F)F)c1C)/C(CC)=C(/CC)NCCl.CC(=O)N1CCOCC1. The summed E-state index contributed by atoms with van der Waals surface area (Å²) in [4.78, 5) is 21.0. The number of aliphatic imine (C=N–C) groups is 2. The van der Waals surface area contributed by atoms with Gasteiger partial charge in [-0.05, 0) is 50.6 Å². The van der Waals surface area contributed by atoms with E-state index in [9.17, 15) is 18.0 Å². The van der Waals surface area contributed by atoms with Gasteiger partial charge in [-0.2, -0.15) is 13.2 Å². The zero-order valence-electron chi connectivity index (χ0n) is 21.1. The summed E-state index contributed by atoms with van der Waals surface area (Å²) in [6, 6.07) is 3.90. The number of hydrogen-bond donors (Lipinski definition) is 1. The molecule has 35 heavy (non-hydrogen) atoms. The highest BCUT2D eigenvalue weighted by Gasteiger charge is 2.33. The number of carbonyl (C=O) groups excluding carboxylic acids is 1. The van der Waals surface area contributed by atoms with Crippen molar-refractivity contribution in [2.24, 2.45) is 9.98 Å². The van der Waals surface area contributed by atoms with Gasteiger partial charge in [0.1, 0.15) is 0 Å². The van der Waals surface area contributed by atoms with Crippen LogP contribution in [-0.4, -0.2) is 55.7 Å². The molecule has 0 radical (unpaired) electrons. The van der Waals surface area contributed by atoms with E-state index in [4.69, 9.17) is 16.3 Å². The van der Waals surface area contributed by atoms with Crippen molar-refractivity contribution in [1.82, 2.24) is 10.2 Å². The van der Waals surface area contributed by atoms with Crippen LogP contribution in [0.2, 0.25) is 0 Å². The standard InChI is InChI=1S/C19H25ClF3N3.C6H11NO2/c1-6-14(17(7-2)25-11-20)18(24-5)26-13(4)15-9-8-10-16(12(15)3)19(21,22)23;1-6(8)7-2-4-9-5-3-7/h8-10,13,25H,5-7,11H2,1-4H3;2-5H2,1H3/b17-14-,26-18?;. The van der Waals surface area contributed by atoms with Gasteiger partial charge in [0.2, 0.25) is 5.91 Å². The number of hydrogen-bond acceptors (Lipinski definition) is 4. The van der Waals surface area contributed by atoms with E-state index in [-0.39, 0.29) is 17.5 Å². The molecule has 1 aromatic carbocycles. The minimum atomic E-state index is -4.39. The van der Waals surface area contributed by atoms with Crippen LogP contribution < -0.4 is 5.32 Å². The molecule has 1 fully saturated rings. The first kappa shape index (κ1) is 30.6. The molecule has 0 aliphatic carbocycles. The number of halogens is 4. The van der Waals surface area contributed by atoms with Gasteiger partial charge in [0.25, 0.3) is 0 Å². The van der Waals surface area contributed by atoms with Gasteiger partial charge in [0, 0.05) is 31.3 Å².